The van der Waals surface area contributed by atoms with Gasteiger partial charge in [-0.1, -0.05) is 36.4 Å². The fourth-order valence-corrected chi connectivity index (χ4v) is 2.44. The van der Waals surface area contributed by atoms with Crippen LogP contribution in [0.15, 0.2) is 48.5 Å². The highest BCUT2D eigenvalue weighted by Crippen LogP contribution is 2.18. The number of aryl methyl sites for hydroxylation is 1. The van der Waals surface area contributed by atoms with E-state index in [0.29, 0.717) is 24.1 Å². The predicted octanol–water partition coefficient (Wildman–Crippen LogP) is 2.55. The lowest BCUT2D eigenvalue weighted by Crippen LogP contribution is -2.30. The number of nitrogens with one attached hydrogen (secondary N) is 1. The van der Waals surface area contributed by atoms with Gasteiger partial charge in [0.15, 0.2) is 0 Å². The van der Waals surface area contributed by atoms with Crippen molar-refractivity contribution in [3.8, 4) is 0 Å². The Morgan fingerprint density at radius 1 is 1.10 bits per heavy atom. The molecule has 2 rings (SSSR count). The average Bonchev–Trinajstić information content (AvgIpc) is 2.68. The minimum absolute atomic E-state index is 0.174. The Labute approximate surface area is 170 Å². The molecule has 0 aromatic heterocycles. The van der Waals surface area contributed by atoms with Crippen molar-refractivity contribution in [3.05, 3.63) is 70.8 Å². The van der Waals surface area contributed by atoms with Crippen molar-refractivity contribution in [2.24, 2.45) is 11.5 Å². The highest BCUT2D eigenvalue weighted by atomic mass is 19.4. The second-order valence-electron chi connectivity index (χ2n) is 6.21. The molecule has 6 N–H and O–H groups in total. The summed E-state index contributed by atoms with van der Waals surface area (Å²) >= 11 is 0. The summed E-state index contributed by atoms with van der Waals surface area (Å²) in [6, 6.07) is 14.4. The second kappa shape index (κ2) is 11.0. The Hall–Kier alpha value is -3.40. The molecule has 0 aliphatic carbocycles. The Kier molecular flexibility index (Phi) is 9.00. The number of aliphatic carboxylic acids is 1. The molecule has 0 aliphatic heterocycles. The van der Waals surface area contributed by atoms with E-state index < -0.39 is 18.1 Å². The standard InChI is InChI=1S/C18H21N3O2.C2HF3O2/c1-12-7-8-14(11-15(12)17(20)22)18(23)21-16(9-10-19)13-5-3-2-4-6-13;3-2(4,5)1(6)7/h2-8,11,16H,9-10,19H2,1H3,(H2,20,22)(H,21,23);(H,6,7)/t16-;/m0./s1. The third kappa shape index (κ3) is 7.55. The van der Waals surface area contributed by atoms with Crippen LogP contribution in [0.5, 0.6) is 0 Å². The number of carbonyl (C=O) groups excluding carboxylic acids is 2. The molecule has 2 amide bonds. The number of carboxylic acids is 1. The summed E-state index contributed by atoms with van der Waals surface area (Å²) in [6.45, 7) is 2.24. The van der Waals surface area contributed by atoms with Crippen LogP contribution in [0, 0.1) is 6.92 Å². The van der Waals surface area contributed by atoms with Gasteiger partial charge in [-0.15, -0.1) is 0 Å². The van der Waals surface area contributed by atoms with Gasteiger partial charge in [0.05, 0.1) is 6.04 Å². The van der Waals surface area contributed by atoms with E-state index in [0.717, 1.165) is 11.1 Å². The highest BCUT2D eigenvalue weighted by molar-refractivity contribution is 6.00. The number of amides is 2. The zero-order valence-corrected chi connectivity index (χ0v) is 16.1. The molecule has 0 saturated carbocycles. The number of carboxylic acid groups (broad SMARTS) is 1. The van der Waals surface area contributed by atoms with Gasteiger partial charge in [-0.05, 0) is 43.1 Å². The summed E-state index contributed by atoms with van der Waals surface area (Å²) in [5, 5.41) is 10.1. The molecule has 0 fully saturated rings. The smallest absolute Gasteiger partial charge is 0.475 e. The maximum absolute atomic E-state index is 12.5. The summed E-state index contributed by atoms with van der Waals surface area (Å²) in [4.78, 5) is 32.8. The largest absolute Gasteiger partial charge is 0.490 e. The van der Waals surface area contributed by atoms with E-state index in [-0.39, 0.29) is 11.9 Å². The molecule has 0 spiro atoms. The number of rotatable bonds is 6. The van der Waals surface area contributed by atoms with E-state index in [1.165, 1.54) is 6.07 Å². The Bertz CT molecular complexity index is 887. The van der Waals surface area contributed by atoms with Crippen LogP contribution in [-0.4, -0.2) is 35.6 Å². The predicted molar refractivity (Wildman–Crippen MR) is 104 cm³/mol. The minimum Gasteiger partial charge on any atom is -0.475 e. The Morgan fingerprint density at radius 2 is 1.67 bits per heavy atom. The SMILES string of the molecule is Cc1ccc(C(=O)N[C@@H](CCN)c2ccccc2)cc1C(N)=O.O=C(O)C(F)(F)F. The molecule has 0 radical (unpaired) electrons. The number of halogens is 3. The summed E-state index contributed by atoms with van der Waals surface area (Å²) in [6.07, 6.45) is -4.45. The molecular weight excluding hydrogens is 403 g/mol. The van der Waals surface area contributed by atoms with Crippen molar-refractivity contribution < 1.29 is 32.7 Å². The number of benzene rings is 2. The van der Waals surface area contributed by atoms with E-state index in [2.05, 4.69) is 5.32 Å². The fraction of sp³-hybridized carbons (Fsp3) is 0.250. The maximum Gasteiger partial charge on any atom is 0.490 e. The van der Waals surface area contributed by atoms with Gasteiger partial charge in [-0.25, -0.2) is 4.79 Å². The van der Waals surface area contributed by atoms with Gasteiger partial charge in [0, 0.05) is 11.1 Å². The van der Waals surface area contributed by atoms with Crippen molar-refractivity contribution >= 4 is 17.8 Å². The van der Waals surface area contributed by atoms with Gasteiger partial charge < -0.3 is 21.9 Å². The Morgan fingerprint density at radius 3 is 2.13 bits per heavy atom. The monoisotopic (exact) mass is 425 g/mol. The summed E-state index contributed by atoms with van der Waals surface area (Å²) in [7, 11) is 0. The van der Waals surface area contributed by atoms with Crippen molar-refractivity contribution in [3.63, 3.8) is 0 Å². The summed E-state index contributed by atoms with van der Waals surface area (Å²) in [5.74, 6) is -3.55. The second-order valence-corrected chi connectivity index (χ2v) is 6.21. The first-order valence-electron chi connectivity index (χ1n) is 8.73. The molecule has 30 heavy (non-hydrogen) atoms. The molecule has 0 heterocycles. The minimum atomic E-state index is -5.08. The lowest BCUT2D eigenvalue weighted by molar-refractivity contribution is -0.192. The van der Waals surface area contributed by atoms with Crippen LogP contribution in [0.25, 0.3) is 0 Å². The van der Waals surface area contributed by atoms with E-state index in [4.69, 9.17) is 21.4 Å². The topological polar surface area (TPSA) is 136 Å². The third-order valence-electron chi connectivity index (χ3n) is 3.97. The number of primary amides is 1. The molecule has 0 saturated heterocycles. The maximum atomic E-state index is 12.5. The van der Waals surface area contributed by atoms with Crippen LogP contribution < -0.4 is 16.8 Å². The molecule has 2 aromatic rings. The lowest BCUT2D eigenvalue weighted by atomic mass is 10.0. The van der Waals surface area contributed by atoms with Gasteiger partial charge in [-0.2, -0.15) is 13.2 Å². The van der Waals surface area contributed by atoms with Crippen LogP contribution >= 0.6 is 0 Å². The molecule has 0 unspecified atom stereocenters. The highest BCUT2D eigenvalue weighted by Gasteiger charge is 2.38. The molecule has 7 nitrogen and oxygen atoms in total. The first kappa shape index (κ1) is 24.6. The van der Waals surface area contributed by atoms with E-state index in [1.807, 2.05) is 30.3 Å². The lowest BCUT2D eigenvalue weighted by Gasteiger charge is -2.19. The van der Waals surface area contributed by atoms with Crippen molar-refractivity contribution in [2.75, 3.05) is 6.54 Å². The molecule has 0 bridgehead atoms. The number of alkyl halides is 3. The first-order valence-corrected chi connectivity index (χ1v) is 8.73. The van der Waals surface area contributed by atoms with Crippen LogP contribution in [0.1, 0.15) is 44.3 Å². The fourth-order valence-electron chi connectivity index (χ4n) is 2.44. The van der Waals surface area contributed by atoms with Crippen molar-refractivity contribution in [2.45, 2.75) is 25.6 Å². The first-order chi connectivity index (χ1) is 14.0. The normalized spacial score (nSPS) is 11.6. The van der Waals surface area contributed by atoms with Gasteiger partial charge >= 0.3 is 12.1 Å². The number of hydrogen-bond acceptors (Lipinski definition) is 4. The zero-order chi connectivity index (χ0) is 22.9. The number of carbonyl (C=O) groups is 3. The molecule has 2 aromatic carbocycles. The zero-order valence-electron chi connectivity index (χ0n) is 16.1. The van der Waals surface area contributed by atoms with Gasteiger partial charge in [0.2, 0.25) is 5.91 Å². The van der Waals surface area contributed by atoms with Crippen molar-refractivity contribution in [1.82, 2.24) is 5.32 Å². The molecule has 10 heteroatoms. The molecular formula is C20H22F3N3O4. The van der Waals surface area contributed by atoms with Crippen molar-refractivity contribution in [1.29, 1.82) is 0 Å². The number of nitrogens with two attached hydrogens (primary N) is 2. The van der Waals surface area contributed by atoms with E-state index >= 15 is 0 Å². The number of hydrogen-bond donors (Lipinski definition) is 4. The van der Waals surface area contributed by atoms with Crippen LogP contribution in [0.4, 0.5) is 13.2 Å². The van der Waals surface area contributed by atoms with E-state index in [9.17, 15) is 22.8 Å². The summed E-state index contributed by atoms with van der Waals surface area (Å²) in [5.41, 5.74) is 13.5. The molecule has 162 valence electrons. The van der Waals surface area contributed by atoms with E-state index in [1.54, 1.807) is 19.1 Å². The van der Waals surface area contributed by atoms with Gasteiger partial charge in [0.25, 0.3) is 5.91 Å². The summed E-state index contributed by atoms with van der Waals surface area (Å²) < 4.78 is 31.7. The molecule has 0 aliphatic rings. The van der Waals surface area contributed by atoms with Crippen LogP contribution in [0.2, 0.25) is 0 Å². The average molecular weight is 425 g/mol. The third-order valence-corrected chi connectivity index (χ3v) is 3.97. The van der Waals surface area contributed by atoms with Crippen LogP contribution in [0.3, 0.4) is 0 Å². The van der Waals surface area contributed by atoms with Gasteiger partial charge in [-0.3, -0.25) is 9.59 Å². The molecule has 1 atom stereocenters. The van der Waals surface area contributed by atoms with Gasteiger partial charge in [0.1, 0.15) is 0 Å². The quantitative estimate of drug-likeness (QED) is 0.564. The van der Waals surface area contributed by atoms with Crippen LogP contribution in [-0.2, 0) is 4.79 Å². The Balaban J connectivity index is 0.000000553.